The fourth-order valence-corrected chi connectivity index (χ4v) is 2.28. The second kappa shape index (κ2) is 10.0. The fourth-order valence-electron chi connectivity index (χ4n) is 2.28. The van der Waals surface area contributed by atoms with Gasteiger partial charge in [-0.05, 0) is 26.8 Å². The van der Waals surface area contributed by atoms with Crippen LogP contribution in [0.4, 0.5) is 0 Å². The van der Waals surface area contributed by atoms with E-state index >= 15 is 0 Å². The van der Waals surface area contributed by atoms with Crippen molar-refractivity contribution in [2.24, 2.45) is 5.92 Å². The van der Waals surface area contributed by atoms with E-state index in [4.69, 9.17) is 0 Å². The van der Waals surface area contributed by atoms with Gasteiger partial charge < -0.3 is 16.0 Å². The summed E-state index contributed by atoms with van der Waals surface area (Å²) in [7, 11) is 1.84. The summed E-state index contributed by atoms with van der Waals surface area (Å²) in [4.78, 5) is 23.4. The predicted octanol–water partition coefficient (Wildman–Crippen LogP) is 0.829. The Hall–Kier alpha value is -0.810. The van der Waals surface area contributed by atoms with Crippen molar-refractivity contribution in [2.45, 2.75) is 45.1 Å². The number of carbonyl (C=O) groups is 2. The Kier molecular flexibility index (Phi) is 9.61. The molecule has 0 spiro atoms. The molecule has 1 aliphatic carbocycles. The summed E-state index contributed by atoms with van der Waals surface area (Å²) in [6, 6.07) is -0.0901. The summed E-state index contributed by atoms with van der Waals surface area (Å²) in [6.07, 6.45) is 4.63. The number of likely N-dealkylation sites (N-methyl/N-ethyl adjacent to an activating group) is 1. The first-order valence-electron chi connectivity index (χ1n) is 6.85. The van der Waals surface area contributed by atoms with E-state index < -0.39 is 0 Å². The van der Waals surface area contributed by atoms with Crippen LogP contribution in [0.3, 0.4) is 0 Å². The zero-order valence-corrected chi connectivity index (χ0v) is 12.6. The van der Waals surface area contributed by atoms with Gasteiger partial charge in [-0.1, -0.05) is 12.8 Å². The normalized spacial score (nSPS) is 16.5. The second-order valence-corrected chi connectivity index (χ2v) is 5.05. The van der Waals surface area contributed by atoms with Crippen LogP contribution in [-0.2, 0) is 9.59 Å². The van der Waals surface area contributed by atoms with Gasteiger partial charge in [0.1, 0.15) is 0 Å². The second-order valence-electron chi connectivity index (χ2n) is 5.05. The molecule has 1 fully saturated rings. The van der Waals surface area contributed by atoms with Gasteiger partial charge in [-0.2, -0.15) is 0 Å². The molecule has 0 aliphatic heterocycles. The van der Waals surface area contributed by atoms with E-state index in [1.165, 1.54) is 0 Å². The summed E-state index contributed by atoms with van der Waals surface area (Å²) in [5.41, 5.74) is 0. The van der Waals surface area contributed by atoms with Crippen molar-refractivity contribution in [1.82, 2.24) is 16.0 Å². The number of hydrogen-bond donors (Lipinski definition) is 3. The lowest BCUT2D eigenvalue weighted by Crippen LogP contribution is -2.40. The summed E-state index contributed by atoms with van der Waals surface area (Å²) >= 11 is 0. The lowest BCUT2D eigenvalue weighted by atomic mass is 10.1. The lowest BCUT2D eigenvalue weighted by molar-refractivity contribution is -0.126. The van der Waals surface area contributed by atoms with Crippen LogP contribution in [0.15, 0.2) is 0 Å². The van der Waals surface area contributed by atoms with Crippen molar-refractivity contribution in [3.05, 3.63) is 0 Å². The molecule has 2 amide bonds. The number of nitrogens with one attached hydrogen (secondary N) is 3. The highest BCUT2D eigenvalue weighted by atomic mass is 35.5. The SMILES string of the molecule is CNCCNC(=O)CC(C)NC(=O)C1CCCC1.Cl. The average Bonchev–Trinajstić information content (AvgIpc) is 2.82. The van der Waals surface area contributed by atoms with Crippen LogP contribution in [0, 0.1) is 5.92 Å². The molecule has 0 heterocycles. The maximum Gasteiger partial charge on any atom is 0.223 e. The van der Waals surface area contributed by atoms with Gasteiger partial charge in [0.05, 0.1) is 0 Å². The van der Waals surface area contributed by atoms with E-state index in [-0.39, 0.29) is 36.2 Å². The van der Waals surface area contributed by atoms with E-state index in [0.717, 1.165) is 32.2 Å². The van der Waals surface area contributed by atoms with Crippen LogP contribution >= 0.6 is 12.4 Å². The van der Waals surface area contributed by atoms with Gasteiger partial charge in [0.2, 0.25) is 11.8 Å². The Balaban J connectivity index is 0.00000324. The number of carbonyl (C=O) groups excluding carboxylic acids is 2. The first kappa shape index (κ1) is 18.2. The maximum absolute atomic E-state index is 11.8. The van der Waals surface area contributed by atoms with Crippen LogP contribution in [-0.4, -0.2) is 38.0 Å². The van der Waals surface area contributed by atoms with Crippen LogP contribution in [0.5, 0.6) is 0 Å². The summed E-state index contributed by atoms with van der Waals surface area (Å²) in [5, 5.41) is 8.69. The highest BCUT2D eigenvalue weighted by Crippen LogP contribution is 2.24. The van der Waals surface area contributed by atoms with E-state index in [9.17, 15) is 9.59 Å². The summed E-state index contributed by atoms with van der Waals surface area (Å²) in [5.74, 6) is 0.271. The number of halogens is 1. The molecule has 3 N–H and O–H groups in total. The van der Waals surface area contributed by atoms with E-state index in [1.54, 1.807) is 0 Å². The minimum absolute atomic E-state index is 0. The molecule has 0 aromatic rings. The quantitative estimate of drug-likeness (QED) is 0.609. The van der Waals surface area contributed by atoms with Gasteiger partial charge >= 0.3 is 0 Å². The van der Waals surface area contributed by atoms with Crippen molar-refractivity contribution >= 4 is 24.2 Å². The Morgan fingerprint density at radius 3 is 2.42 bits per heavy atom. The highest BCUT2D eigenvalue weighted by Gasteiger charge is 2.23. The zero-order chi connectivity index (χ0) is 13.4. The largest absolute Gasteiger partial charge is 0.355 e. The third-order valence-corrected chi connectivity index (χ3v) is 3.30. The summed E-state index contributed by atoms with van der Waals surface area (Å²) < 4.78 is 0. The molecule has 1 rings (SSSR count). The molecular weight excluding hydrogens is 266 g/mol. The number of amides is 2. The molecule has 0 saturated heterocycles. The molecule has 0 aromatic heterocycles. The topological polar surface area (TPSA) is 70.2 Å². The van der Waals surface area contributed by atoms with Gasteiger partial charge in [0, 0.05) is 31.5 Å². The number of hydrogen-bond acceptors (Lipinski definition) is 3. The van der Waals surface area contributed by atoms with Crippen molar-refractivity contribution < 1.29 is 9.59 Å². The third-order valence-electron chi connectivity index (χ3n) is 3.30. The Morgan fingerprint density at radius 1 is 1.21 bits per heavy atom. The van der Waals surface area contributed by atoms with Gasteiger partial charge in [-0.15, -0.1) is 12.4 Å². The fraction of sp³-hybridized carbons (Fsp3) is 0.846. The molecule has 1 atom stereocenters. The molecule has 112 valence electrons. The van der Waals surface area contributed by atoms with Gasteiger partial charge in [-0.3, -0.25) is 9.59 Å². The van der Waals surface area contributed by atoms with Gasteiger partial charge in [-0.25, -0.2) is 0 Å². The van der Waals surface area contributed by atoms with Crippen LogP contribution < -0.4 is 16.0 Å². The standard InChI is InChI=1S/C13H25N3O2.ClH/c1-10(9-12(17)15-8-7-14-2)16-13(18)11-5-3-4-6-11;/h10-11,14H,3-9H2,1-2H3,(H,15,17)(H,16,18);1H. The molecule has 5 nitrogen and oxygen atoms in total. The molecule has 1 saturated carbocycles. The van der Waals surface area contributed by atoms with Crippen LogP contribution in [0.2, 0.25) is 0 Å². The zero-order valence-electron chi connectivity index (χ0n) is 11.8. The van der Waals surface area contributed by atoms with E-state index in [0.29, 0.717) is 13.0 Å². The highest BCUT2D eigenvalue weighted by molar-refractivity contribution is 5.85. The molecule has 1 aliphatic rings. The van der Waals surface area contributed by atoms with E-state index in [2.05, 4.69) is 16.0 Å². The average molecular weight is 292 g/mol. The Labute approximate surface area is 121 Å². The first-order valence-corrected chi connectivity index (χ1v) is 6.85. The molecule has 0 radical (unpaired) electrons. The van der Waals surface area contributed by atoms with Crippen LogP contribution in [0.25, 0.3) is 0 Å². The predicted molar refractivity (Wildman–Crippen MR) is 78.4 cm³/mol. The van der Waals surface area contributed by atoms with Crippen molar-refractivity contribution in [3.8, 4) is 0 Å². The van der Waals surface area contributed by atoms with Gasteiger partial charge in [0.15, 0.2) is 0 Å². The van der Waals surface area contributed by atoms with Gasteiger partial charge in [0.25, 0.3) is 0 Å². The lowest BCUT2D eigenvalue weighted by Gasteiger charge is -2.16. The van der Waals surface area contributed by atoms with Crippen molar-refractivity contribution in [2.75, 3.05) is 20.1 Å². The minimum atomic E-state index is -0.0901. The summed E-state index contributed by atoms with van der Waals surface area (Å²) in [6.45, 7) is 3.26. The van der Waals surface area contributed by atoms with Crippen LogP contribution in [0.1, 0.15) is 39.0 Å². The molecule has 0 bridgehead atoms. The Morgan fingerprint density at radius 2 is 1.84 bits per heavy atom. The monoisotopic (exact) mass is 291 g/mol. The molecule has 0 aromatic carbocycles. The number of rotatable bonds is 7. The molecule has 1 unspecified atom stereocenters. The third kappa shape index (κ3) is 7.38. The smallest absolute Gasteiger partial charge is 0.223 e. The maximum atomic E-state index is 11.8. The molecular formula is C13H26ClN3O2. The molecule has 6 heteroatoms. The van der Waals surface area contributed by atoms with E-state index in [1.807, 2.05) is 14.0 Å². The van der Waals surface area contributed by atoms with Crippen molar-refractivity contribution in [1.29, 1.82) is 0 Å². The minimum Gasteiger partial charge on any atom is -0.355 e. The Bertz CT molecular complexity index is 281. The molecule has 19 heavy (non-hydrogen) atoms. The first-order chi connectivity index (χ1) is 8.63. The van der Waals surface area contributed by atoms with Crippen molar-refractivity contribution in [3.63, 3.8) is 0 Å².